The van der Waals surface area contributed by atoms with Crippen LogP contribution in [0.5, 0.6) is 0 Å². The molecule has 10 heteroatoms. The summed E-state index contributed by atoms with van der Waals surface area (Å²) >= 11 is 1.43. The number of halogens is 2. The average Bonchev–Trinajstić information content (AvgIpc) is 3.45. The normalized spacial score (nSPS) is 15.9. The van der Waals surface area contributed by atoms with Crippen LogP contribution >= 0.6 is 11.8 Å². The van der Waals surface area contributed by atoms with Gasteiger partial charge in [-0.15, -0.1) is 5.10 Å². The number of carbonyl (C=O) groups excluding carboxylic acids is 1. The van der Waals surface area contributed by atoms with E-state index in [-0.39, 0.29) is 12.8 Å². The van der Waals surface area contributed by atoms with Gasteiger partial charge in [-0.3, -0.25) is 9.29 Å². The number of benzene rings is 2. The number of rotatable bonds is 10. The fraction of sp³-hybridized carbons (Fsp3) is 0.318. The van der Waals surface area contributed by atoms with E-state index >= 15 is 0 Å². The third-order valence-corrected chi connectivity index (χ3v) is 6.17. The lowest BCUT2D eigenvalue weighted by atomic mass is 10.0. The maximum atomic E-state index is 14.9. The van der Waals surface area contributed by atoms with E-state index in [0.29, 0.717) is 30.0 Å². The number of H-pyrrole nitrogens is 1. The Bertz CT molecular complexity index is 1030. The third-order valence-electron chi connectivity index (χ3n) is 5.14. The molecule has 1 aliphatic rings. The highest BCUT2D eigenvalue weighted by atomic mass is 32.2. The molecule has 32 heavy (non-hydrogen) atoms. The van der Waals surface area contributed by atoms with E-state index in [1.165, 1.54) is 22.7 Å². The van der Waals surface area contributed by atoms with Gasteiger partial charge in [0.2, 0.25) is 0 Å². The summed E-state index contributed by atoms with van der Waals surface area (Å²) in [7, 11) is 0. The van der Waals surface area contributed by atoms with Gasteiger partial charge in [-0.2, -0.15) is 10.3 Å². The molecule has 2 aromatic carbocycles. The van der Waals surface area contributed by atoms with Gasteiger partial charge in [0.15, 0.2) is 0 Å². The van der Waals surface area contributed by atoms with Crippen LogP contribution in [0.4, 0.5) is 19.3 Å². The van der Waals surface area contributed by atoms with Crippen LogP contribution in [-0.2, 0) is 11.3 Å². The van der Waals surface area contributed by atoms with E-state index in [4.69, 9.17) is 4.74 Å². The Morgan fingerprint density at radius 1 is 1.25 bits per heavy atom. The number of nitrogens with zero attached hydrogens (tertiary/aromatic N) is 3. The van der Waals surface area contributed by atoms with Gasteiger partial charge in [0.25, 0.3) is 0 Å². The molecule has 7 nitrogen and oxygen atoms in total. The monoisotopic (exact) mass is 460 g/mol. The van der Waals surface area contributed by atoms with Crippen LogP contribution in [0.25, 0.3) is 11.1 Å². The number of amides is 1. The zero-order chi connectivity index (χ0) is 22.3. The highest BCUT2D eigenvalue weighted by molar-refractivity contribution is 7.99. The summed E-state index contributed by atoms with van der Waals surface area (Å²) in [4.78, 5) is 13.7. The van der Waals surface area contributed by atoms with Gasteiger partial charge in [0.05, 0.1) is 31.6 Å². The second-order valence-corrected chi connectivity index (χ2v) is 8.46. The minimum atomic E-state index is -0.490. The Hall–Kier alpha value is -2.98. The van der Waals surface area contributed by atoms with Crippen LogP contribution in [-0.4, -0.2) is 53.1 Å². The number of hydrogen-bond acceptors (Lipinski definition) is 5. The topological polar surface area (TPSA) is 87.7 Å². The first-order valence-corrected chi connectivity index (χ1v) is 11.4. The molecule has 1 aliphatic heterocycles. The number of carbonyl (C=O) groups is 1. The summed E-state index contributed by atoms with van der Waals surface area (Å²) in [6, 6.07) is 12.4. The number of nitrogens with two attached hydrogens (primary N) is 1. The molecule has 0 radical (unpaired) electrons. The molecule has 3 aromatic rings. The van der Waals surface area contributed by atoms with Crippen molar-refractivity contribution < 1.29 is 23.6 Å². The molecule has 1 saturated heterocycles. The van der Waals surface area contributed by atoms with Gasteiger partial charge < -0.3 is 10.1 Å². The van der Waals surface area contributed by atoms with E-state index < -0.39 is 11.9 Å². The van der Waals surface area contributed by atoms with Crippen molar-refractivity contribution in [2.45, 2.75) is 24.1 Å². The van der Waals surface area contributed by atoms with E-state index in [1.54, 1.807) is 18.3 Å². The maximum absolute atomic E-state index is 14.9. The summed E-state index contributed by atoms with van der Waals surface area (Å²) in [5, 5.41) is 13.0. The lowest BCUT2D eigenvalue weighted by Crippen LogP contribution is -2.82. The second kappa shape index (κ2) is 10.6. The highest BCUT2D eigenvalue weighted by Gasteiger charge is 2.32. The third kappa shape index (κ3) is 5.43. The smallest absolute Gasteiger partial charge is 0.414 e. The molecule has 0 bridgehead atoms. The molecular weight excluding hydrogens is 436 g/mol. The largest absolute Gasteiger partial charge is 0.443 e. The number of thioether (sulfide) groups is 1. The predicted molar refractivity (Wildman–Crippen MR) is 118 cm³/mol. The van der Waals surface area contributed by atoms with E-state index in [9.17, 15) is 13.6 Å². The number of quaternary nitrogens is 1. The van der Waals surface area contributed by atoms with E-state index in [2.05, 4.69) is 20.7 Å². The van der Waals surface area contributed by atoms with Gasteiger partial charge in [0, 0.05) is 23.3 Å². The minimum absolute atomic E-state index is 0.303. The molecule has 1 amide bonds. The van der Waals surface area contributed by atoms with Gasteiger partial charge >= 0.3 is 6.09 Å². The van der Waals surface area contributed by atoms with Gasteiger partial charge in [-0.05, 0) is 23.8 Å². The van der Waals surface area contributed by atoms with Crippen LogP contribution < -0.4 is 10.2 Å². The van der Waals surface area contributed by atoms with Gasteiger partial charge in [0.1, 0.15) is 23.5 Å². The summed E-state index contributed by atoms with van der Waals surface area (Å²) < 4.78 is 32.5. The molecule has 0 saturated carbocycles. The number of aromatic nitrogens is 3. The van der Waals surface area contributed by atoms with E-state index in [0.717, 1.165) is 29.2 Å². The molecule has 4 rings (SSSR count). The number of nitrogens with one attached hydrogen (secondary N) is 1. The Morgan fingerprint density at radius 3 is 2.81 bits per heavy atom. The zero-order valence-corrected chi connectivity index (χ0v) is 18.2. The Labute approximate surface area is 188 Å². The van der Waals surface area contributed by atoms with Crippen LogP contribution in [0.2, 0.25) is 0 Å². The van der Waals surface area contributed by atoms with Crippen LogP contribution in [0.15, 0.2) is 53.7 Å². The molecule has 168 valence electrons. The number of alkyl halides is 1. The zero-order valence-electron chi connectivity index (χ0n) is 17.3. The lowest BCUT2D eigenvalue weighted by Gasteiger charge is -2.14. The highest BCUT2D eigenvalue weighted by Crippen LogP contribution is 2.30. The minimum Gasteiger partial charge on any atom is -0.443 e. The summed E-state index contributed by atoms with van der Waals surface area (Å²) in [6.07, 6.45) is 1.34. The van der Waals surface area contributed by atoms with Crippen molar-refractivity contribution in [3.05, 3.63) is 60.0 Å². The molecular formula is C22H24F2N5O2S+. The quantitative estimate of drug-likeness (QED) is 0.359. The molecule has 1 atom stereocenters. The molecule has 0 unspecified atom stereocenters. The van der Waals surface area contributed by atoms with Crippen LogP contribution in [0, 0.1) is 5.82 Å². The average molecular weight is 461 g/mol. The first-order chi connectivity index (χ1) is 15.6. The molecule has 0 aliphatic carbocycles. The summed E-state index contributed by atoms with van der Waals surface area (Å²) in [5.74, 6) is 0.130. The first-order valence-electron chi connectivity index (χ1n) is 10.4. The Morgan fingerprint density at radius 2 is 2.09 bits per heavy atom. The maximum Gasteiger partial charge on any atom is 0.414 e. The van der Waals surface area contributed by atoms with Crippen LogP contribution in [0.1, 0.15) is 12.0 Å². The fourth-order valence-electron chi connectivity index (χ4n) is 3.47. The molecule has 2 heterocycles. The predicted octanol–water partition coefficient (Wildman–Crippen LogP) is 3.15. The summed E-state index contributed by atoms with van der Waals surface area (Å²) in [6.45, 7) is 1.54. The van der Waals surface area contributed by atoms with Gasteiger partial charge in [-0.1, -0.05) is 36.0 Å². The Kier molecular flexibility index (Phi) is 7.33. The number of ether oxygens (including phenoxy) is 1. The lowest BCUT2D eigenvalue weighted by molar-refractivity contribution is -0.670. The fourth-order valence-corrected chi connectivity index (χ4v) is 4.24. The van der Waals surface area contributed by atoms with Crippen molar-refractivity contribution in [2.75, 3.05) is 30.4 Å². The van der Waals surface area contributed by atoms with Crippen molar-refractivity contribution in [3.8, 4) is 11.1 Å². The van der Waals surface area contributed by atoms with Crippen molar-refractivity contribution in [2.24, 2.45) is 0 Å². The van der Waals surface area contributed by atoms with Crippen molar-refractivity contribution in [1.29, 1.82) is 0 Å². The standard InChI is InChI=1S/C22H23F2N5O2S/c23-8-1-9-25-11-15-2-4-16(5-3-15)19-7-6-17(10-20(19)24)29-13-18(31-22(29)30)14-32-21-12-26-28-27-21/h2-7,10,12,18,25H,1,8-9,11,13-14H2,(H,26,27,28)/p+1/t18-/m1/s1. The SMILES string of the molecule is O=C1O[C@@H](CSc2cn[nH]n2)CN1c1ccc(-c2ccc(C[NH2+]CCCF)cc2)c(F)c1. The van der Waals surface area contributed by atoms with Crippen molar-refractivity contribution in [1.82, 2.24) is 15.4 Å². The van der Waals surface area contributed by atoms with Crippen molar-refractivity contribution >= 4 is 23.5 Å². The number of hydrogen-bond donors (Lipinski definition) is 2. The van der Waals surface area contributed by atoms with Crippen LogP contribution in [0.3, 0.4) is 0 Å². The van der Waals surface area contributed by atoms with Crippen molar-refractivity contribution in [3.63, 3.8) is 0 Å². The van der Waals surface area contributed by atoms with E-state index in [1.807, 2.05) is 24.3 Å². The first kappa shape index (κ1) is 22.2. The Balaban J connectivity index is 1.38. The molecule has 1 aromatic heterocycles. The second-order valence-electron chi connectivity index (χ2n) is 7.42. The summed E-state index contributed by atoms with van der Waals surface area (Å²) in [5.41, 5.74) is 2.78. The molecule has 1 fully saturated rings. The molecule has 3 N–H and O–H groups in total. The van der Waals surface area contributed by atoms with Gasteiger partial charge in [-0.25, -0.2) is 9.18 Å². The molecule has 0 spiro atoms. The number of cyclic esters (lactones) is 1. The number of anilines is 1. The number of aromatic amines is 1.